The monoisotopic (exact) mass is 355 g/mol. The molecule has 0 amide bonds. The van der Waals surface area contributed by atoms with Crippen molar-refractivity contribution in [1.29, 1.82) is 0 Å². The van der Waals surface area contributed by atoms with Crippen LogP contribution in [0.15, 0.2) is 40.2 Å². The summed E-state index contributed by atoms with van der Waals surface area (Å²) in [6, 6.07) is 3.77. The highest BCUT2D eigenvalue weighted by molar-refractivity contribution is 5.77. The van der Waals surface area contributed by atoms with Gasteiger partial charge in [0.05, 0.1) is 18.8 Å². The zero-order valence-corrected chi connectivity index (χ0v) is 12.5. The lowest BCUT2D eigenvalue weighted by Crippen LogP contribution is -2.30. The van der Waals surface area contributed by atoms with Crippen LogP contribution in [-0.4, -0.2) is 21.6 Å². The molecule has 0 aliphatic heterocycles. The molecule has 1 aromatic carbocycles. The summed E-state index contributed by atoms with van der Waals surface area (Å²) in [5, 5.41) is -0.550. The first-order valence-electron chi connectivity index (χ1n) is 6.79. The molecule has 0 bridgehead atoms. The molecule has 0 radical (unpaired) electrons. The van der Waals surface area contributed by atoms with Crippen LogP contribution >= 0.6 is 0 Å². The molecular formula is C15H9F4N3O3. The van der Waals surface area contributed by atoms with Crippen molar-refractivity contribution in [2.75, 3.05) is 7.11 Å². The summed E-state index contributed by atoms with van der Waals surface area (Å²) in [6.45, 7) is 0. The SMILES string of the molecule is COc1cccc(F)c1-n1c(C(F)(F)F)cc2c(=O)[nH]cnc2c1=O. The van der Waals surface area contributed by atoms with Gasteiger partial charge in [0.25, 0.3) is 11.1 Å². The molecule has 0 saturated heterocycles. The van der Waals surface area contributed by atoms with Gasteiger partial charge >= 0.3 is 6.18 Å². The van der Waals surface area contributed by atoms with Crippen LogP contribution in [0.2, 0.25) is 0 Å². The van der Waals surface area contributed by atoms with Crippen molar-refractivity contribution < 1.29 is 22.3 Å². The van der Waals surface area contributed by atoms with E-state index in [-0.39, 0.29) is 10.3 Å². The van der Waals surface area contributed by atoms with Crippen LogP contribution in [0.5, 0.6) is 5.75 Å². The van der Waals surface area contributed by atoms with Gasteiger partial charge in [-0.3, -0.25) is 14.2 Å². The number of aromatic amines is 1. The molecule has 0 aliphatic rings. The molecule has 1 N–H and O–H groups in total. The Hall–Kier alpha value is -3.17. The Labute approximate surface area is 136 Å². The van der Waals surface area contributed by atoms with Gasteiger partial charge in [-0.25, -0.2) is 9.37 Å². The fourth-order valence-electron chi connectivity index (χ4n) is 2.44. The number of hydrogen-bond acceptors (Lipinski definition) is 4. The number of ether oxygens (including phenoxy) is 1. The summed E-state index contributed by atoms with van der Waals surface area (Å²) in [4.78, 5) is 30.0. The molecule has 3 rings (SSSR count). The van der Waals surface area contributed by atoms with Gasteiger partial charge in [-0.05, 0) is 18.2 Å². The number of benzene rings is 1. The lowest BCUT2D eigenvalue weighted by Gasteiger charge is -2.18. The smallest absolute Gasteiger partial charge is 0.431 e. The second-order valence-electron chi connectivity index (χ2n) is 4.95. The first-order valence-corrected chi connectivity index (χ1v) is 6.79. The topological polar surface area (TPSA) is 77.0 Å². The number of aromatic nitrogens is 3. The van der Waals surface area contributed by atoms with Crippen molar-refractivity contribution in [3.05, 3.63) is 62.8 Å². The summed E-state index contributed by atoms with van der Waals surface area (Å²) in [5.41, 5.74) is -4.97. The highest BCUT2D eigenvalue weighted by atomic mass is 19.4. The molecule has 0 fully saturated rings. The van der Waals surface area contributed by atoms with Crippen molar-refractivity contribution >= 4 is 10.9 Å². The predicted molar refractivity (Wildman–Crippen MR) is 79.5 cm³/mol. The minimum absolute atomic E-state index is 0.114. The van der Waals surface area contributed by atoms with E-state index in [1.54, 1.807) is 0 Å². The highest BCUT2D eigenvalue weighted by Gasteiger charge is 2.37. The molecule has 2 aromatic heterocycles. The van der Waals surface area contributed by atoms with Crippen LogP contribution in [0.25, 0.3) is 16.6 Å². The number of alkyl halides is 3. The normalized spacial score (nSPS) is 11.7. The van der Waals surface area contributed by atoms with E-state index < -0.39 is 45.4 Å². The summed E-state index contributed by atoms with van der Waals surface area (Å²) in [6.07, 6.45) is -4.16. The number of H-pyrrole nitrogens is 1. The number of fused-ring (bicyclic) bond motifs is 1. The van der Waals surface area contributed by atoms with Crippen LogP contribution in [0.3, 0.4) is 0 Å². The summed E-state index contributed by atoms with van der Waals surface area (Å²) >= 11 is 0. The van der Waals surface area contributed by atoms with E-state index in [4.69, 9.17) is 4.74 Å². The first-order chi connectivity index (χ1) is 11.8. The number of halogens is 4. The molecule has 0 spiro atoms. The zero-order chi connectivity index (χ0) is 18.4. The Morgan fingerprint density at radius 2 is 1.96 bits per heavy atom. The lowest BCUT2D eigenvalue weighted by molar-refractivity contribution is -0.142. The van der Waals surface area contributed by atoms with Crippen molar-refractivity contribution in [3.8, 4) is 11.4 Å². The Morgan fingerprint density at radius 1 is 1.24 bits per heavy atom. The van der Waals surface area contributed by atoms with Gasteiger partial charge in [0, 0.05) is 0 Å². The number of nitrogens with zero attached hydrogens (tertiary/aromatic N) is 2. The Balaban J connectivity index is 2.58. The number of methoxy groups -OCH3 is 1. The van der Waals surface area contributed by atoms with Gasteiger partial charge in [-0.1, -0.05) is 6.07 Å². The van der Waals surface area contributed by atoms with E-state index in [1.165, 1.54) is 12.1 Å². The van der Waals surface area contributed by atoms with Gasteiger partial charge in [-0.15, -0.1) is 0 Å². The Bertz CT molecular complexity index is 1090. The molecule has 2 heterocycles. The summed E-state index contributed by atoms with van der Waals surface area (Å²) in [5.74, 6) is -1.38. The number of para-hydroxylation sites is 1. The molecule has 6 nitrogen and oxygen atoms in total. The molecule has 0 unspecified atom stereocenters. The van der Waals surface area contributed by atoms with Crippen LogP contribution in [0.4, 0.5) is 17.6 Å². The maximum atomic E-state index is 14.3. The molecule has 130 valence electrons. The van der Waals surface area contributed by atoms with Crippen LogP contribution in [0, 0.1) is 5.82 Å². The van der Waals surface area contributed by atoms with E-state index in [0.29, 0.717) is 6.07 Å². The minimum atomic E-state index is -5.04. The van der Waals surface area contributed by atoms with Crippen molar-refractivity contribution in [1.82, 2.24) is 14.5 Å². The zero-order valence-electron chi connectivity index (χ0n) is 12.5. The summed E-state index contributed by atoms with van der Waals surface area (Å²) < 4.78 is 59.7. The second-order valence-corrected chi connectivity index (χ2v) is 4.95. The molecular weight excluding hydrogens is 346 g/mol. The van der Waals surface area contributed by atoms with E-state index in [0.717, 1.165) is 19.5 Å². The third kappa shape index (κ3) is 2.65. The number of hydrogen-bond donors (Lipinski definition) is 1. The van der Waals surface area contributed by atoms with Crippen molar-refractivity contribution in [2.45, 2.75) is 6.18 Å². The fourth-order valence-corrected chi connectivity index (χ4v) is 2.44. The average molecular weight is 355 g/mol. The minimum Gasteiger partial charge on any atom is -0.494 e. The molecule has 3 aromatic rings. The molecule has 0 saturated carbocycles. The fraction of sp³-hybridized carbons (Fsp3) is 0.133. The first kappa shape index (κ1) is 16.7. The van der Waals surface area contributed by atoms with E-state index in [2.05, 4.69) is 9.97 Å². The van der Waals surface area contributed by atoms with Gasteiger partial charge in [-0.2, -0.15) is 13.2 Å². The van der Waals surface area contributed by atoms with E-state index in [9.17, 15) is 27.2 Å². The van der Waals surface area contributed by atoms with E-state index in [1.807, 2.05) is 0 Å². The standard InChI is InChI=1S/C15H9F4N3O3/c1-25-9-4-2-3-8(16)12(9)22-10(15(17,18)19)5-7-11(14(22)24)20-6-21-13(7)23/h2-6H,1H3,(H,20,21,23). The predicted octanol–water partition coefficient (Wildman–Crippen LogP) is 2.24. The molecule has 0 aliphatic carbocycles. The van der Waals surface area contributed by atoms with Crippen LogP contribution in [0.1, 0.15) is 5.69 Å². The third-order valence-electron chi connectivity index (χ3n) is 3.50. The van der Waals surface area contributed by atoms with Crippen LogP contribution < -0.4 is 15.9 Å². The molecule has 25 heavy (non-hydrogen) atoms. The number of nitrogens with one attached hydrogen (secondary N) is 1. The maximum Gasteiger partial charge on any atom is 0.431 e. The second kappa shape index (κ2) is 5.72. The van der Waals surface area contributed by atoms with Crippen LogP contribution in [-0.2, 0) is 6.18 Å². The van der Waals surface area contributed by atoms with E-state index >= 15 is 0 Å². The quantitative estimate of drug-likeness (QED) is 0.716. The largest absolute Gasteiger partial charge is 0.494 e. The van der Waals surface area contributed by atoms with Gasteiger partial charge in [0.1, 0.15) is 22.6 Å². The summed E-state index contributed by atoms with van der Waals surface area (Å²) in [7, 11) is 1.13. The number of pyridine rings is 1. The van der Waals surface area contributed by atoms with Gasteiger partial charge < -0.3 is 9.72 Å². The molecule has 10 heteroatoms. The van der Waals surface area contributed by atoms with Crippen molar-refractivity contribution in [3.63, 3.8) is 0 Å². The van der Waals surface area contributed by atoms with Crippen molar-refractivity contribution in [2.24, 2.45) is 0 Å². The molecule has 0 atom stereocenters. The van der Waals surface area contributed by atoms with Gasteiger partial charge in [0.15, 0.2) is 5.82 Å². The third-order valence-corrected chi connectivity index (χ3v) is 3.50. The average Bonchev–Trinajstić information content (AvgIpc) is 2.55. The highest BCUT2D eigenvalue weighted by Crippen LogP contribution is 2.34. The van der Waals surface area contributed by atoms with Gasteiger partial charge in [0.2, 0.25) is 0 Å². The Morgan fingerprint density at radius 3 is 2.60 bits per heavy atom. The maximum absolute atomic E-state index is 14.3. The lowest BCUT2D eigenvalue weighted by atomic mass is 10.2. The number of rotatable bonds is 2. The Kier molecular flexibility index (Phi) is 3.82.